The van der Waals surface area contributed by atoms with E-state index >= 15 is 0 Å². The lowest BCUT2D eigenvalue weighted by molar-refractivity contribution is -0.121. The zero-order valence-corrected chi connectivity index (χ0v) is 11.2. The number of carbonyl (C=O) groups is 1. The molecule has 0 saturated heterocycles. The molecule has 0 aromatic carbocycles. The first kappa shape index (κ1) is 13.9. The zero-order chi connectivity index (χ0) is 13.1. The van der Waals surface area contributed by atoms with E-state index in [0.29, 0.717) is 17.3 Å². The highest BCUT2D eigenvalue weighted by atomic mass is 35.5. The monoisotopic (exact) mass is 271 g/mol. The second-order valence-electron chi connectivity index (χ2n) is 3.87. The van der Waals surface area contributed by atoms with Gasteiger partial charge >= 0.3 is 0 Å². The van der Waals surface area contributed by atoms with Crippen molar-refractivity contribution in [3.05, 3.63) is 23.4 Å². The highest BCUT2D eigenvalue weighted by Gasteiger charge is 2.34. The molecule has 0 radical (unpaired) electrons. The molecule has 0 bridgehead atoms. The average Bonchev–Trinajstić information content (AvgIpc) is 2.30. The fraction of sp³-hybridized carbons (Fsp3) is 0.364. The van der Waals surface area contributed by atoms with Gasteiger partial charge in [0, 0.05) is 6.20 Å². The molecule has 1 aromatic heterocycles. The van der Waals surface area contributed by atoms with E-state index in [1.807, 2.05) is 6.92 Å². The number of aromatic nitrogens is 1. The summed E-state index contributed by atoms with van der Waals surface area (Å²) >= 11 is 10.6. The minimum Gasteiger partial charge on any atom is -0.392 e. The van der Waals surface area contributed by atoms with E-state index in [1.165, 1.54) is 6.20 Å². The summed E-state index contributed by atoms with van der Waals surface area (Å²) < 4.78 is 0. The van der Waals surface area contributed by atoms with Crippen LogP contribution in [0.1, 0.15) is 20.3 Å². The van der Waals surface area contributed by atoms with Gasteiger partial charge in [0.2, 0.25) is 5.91 Å². The molecule has 0 saturated carbocycles. The summed E-state index contributed by atoms with van der Waals surface area (Å²) in [5.41, 5.74) is 4.72. The van der Waals surface area contributed by atoms with Crippen molar-refractivity contribution in [1.29, 1.82) is 0 Å². The number of rotatable bonds is 4. The third-order valence-electron chi connectivity index (χ3n) is 2.72. The highest BCUT2D eigenvalue weighted by Crippen LogP contribution is 2.23. The molecule has 92 valence electrons. The van der Waals surface area contributed by atoms with E-state index in [1.54, 1.807) is 19.1 Å². The number of halogens is 1. The largest absolute Gasteiger partial charge is 0.392 e. The van der Waals surface area contributed by atoms with E-state index in [4.69, 9.17) is 29.6 Å². The van der Waals surface area contributed by atoms with Crippen LogP contribution in [0.3, 0.4) is 0 Å². The third kappa shape index (κ3) is 3.14. The molecular weight excluding hydrogens is 258 g/mol. The van der Waals surface area contributed by atoms with Crippen LogP contribution in [0.15, 0.2) is 18.3 Å². The fourth-order valence-corrected chi connectivity index (χ4v) is 1.50. The van der Waals surface area contributed by atoms with Crippen molar-refractivity contribution in [2.24, 2.45) is 11.1 Å². The zero-order valence-electron chi connectivity index (χ0n) is 9.66. The van der Waals surface area contributed by atoms with Gasteiger partial charge in [-0.3, -0.25) is 4.79 Å². The molecule has 4 nitrogen and oxygen atoms in total. The van der Waals surface area contributed by atoms with Crippen LogP contribution in [0, 0.1) is 5.41 Å². The van der Waals surface area contributed by atoms with Crippen molar-refractivity contribution in [3.63, 3.8) is 0 Å². The number of pyridine rings is 1. The summed E-state index contributed by atoms with van der Waals surface area (Å²) in [7, 11) is 0. The average molecular weight is 272 g/mol. The first-order chi connectivity index (χ1) is 7.90. The molecule has 17 heavy (non-hydrogen) atoms. The Bertz CT molecular complexity index is 435. The maximum atomic E-state index is 12.0. The first-order valence-corrected chi connectivity index (χ1v) is 5.91. The number of carbonyl (C=O) groups excluding carboxylic acids is 1. The van der Waals surface area contributed by atoms with Crippen LogP contribution in [-0.2, 0) is 4.79 Å². The van der Waals surface area contributed by atoms with Gasteiger partial charge in [0.25, 0.3) is 0 Å². The van der Waals surface area contributed by atoms with Gasteiger partial charge in [-0.15, -0.1) is 0 Å². The first-order valence-electron chi connectivity index (χ1n) is 5.13. The Labute approximate surface area is 111 Å². The summed E-state index contributed by atoms with van der Waals surface area (Å²) in [6.07, 6.45) is 1.99. The molecule has 3 N–H and O–H groups in total. The van der Waals surface area contributed by atoms with E-state index in [-0.39, 0.29) is 10.9 Å². The van der Waals surface area contributed by atoms with Crippen LogP contribution in [0.25, 0.3) is 0 Å². The molecule has 1 atom stereocenters. The number of nitrogens with zero attached hydrogens (tertiary/aromatic N) is 1. The van der Waals surface area contributed by atoms with Gasteiger partial charge in [0.1, 0.15) is 5.82 Å². The van der Waals surface area contributed by atoms with Crippen LogP contribution < -0.4 is 11.1 Å². The van der Waals surface area contributed by atoms with Crippen LogP contribution in [0.5, 0.6) is 0 Å². The van der Waals surface area contributed by atoms with Crippen LogP contribution in [0.4, 0.5) is 5.82 Å². The van der Waals surface area contributed by atoms with E-state index in [2.05, 4.69) is 10.3 Å². The summed E-state index contributed by atoms with van der Waals surface area (Å²) in [6.45, 7) is 3.56. The van der Waals surface area contributed by atoms with Crippen molar-refractivity contribution in [1.82, 2.24) is 4.98 Å². The minimum atomic E-state index is -0.864. The van der Waals surface area contributed by atoms with Crippen LogP contribution in [0.2, 0.25) is 5.02 Å². The van der Waals surface area contributed by atoms with E-state index in [0.717, 1.165) is 0 Å². The molecule has 1 heterocycles. The van der Waals surface area contributed by atoms with E-state index < -0.39 is 5.41 Å². The molecule has 0 aliphatic rings. The number of hydrogen-bond donors (Lipinski definition) is 2. The number of thiocarbonyl (C=S) groups is 1. The SMILES string of the molecule is CCC(C)(C(=O)Nc1ccc(Cl)cn1)C(N)=S. The number of nitrogens with one attached hydrogen (secondary N) is 1. The van der Waals surface area contributed by atoms with Crippen molar-refractivity contribution in [2.75, 3.05) is 5.32 Å². The number of nitrogens with two attached hydrogens (primary N) is 1. The maximum absolute atomic E-state index is 12.0. The maximum Gasteiger partial charge on any atom is 0.238 e. The molecule has 0 aliphatic carbocycles. The summed E-state index contributed by atoms with van der Waals surface area (Å²) in [5.74, 6) is 0.164. The van der Waals surface area contributed by atoms with Crippen molar-refractivity contribution < 1.29 is 4.79 Å². The Morgan fingerprint density at radius 2 is 2.29 bits per heavy atom. The smallest absolute Gasteiger partial charge is 0.238 e. The fourth-order valence-electron chi connectivity index (χ4n) is 1.15. The molecule has 1 amide bonds. The van der Waals surface area contributed by atoms with Gasteiger partial charge in [-0.2, -0.15) is 0 Å². The second kappa shape index (κ2) is 5.42. The van der Waals surface area contributed by atoms with Gasteiger partial charge in [-0.1, -0.05) is 30.7 Å². The van der Waals surface area contributed by atoms with Gasteiger partial charge in [0.05, 0.1) is 15.4 Å². The Morgan fingerprint density at radius 1 is 1.65 bits per heavy atom. The predicted molar refractivity (Wildman–Crippen MR) is 73.1 cm³/mol. The molecule has 6 heteroatoms. The van der Waals surface area contributed by atoms with Crippen LogP contribution in [-0.4, -0.2) is 15.9 Å². The lowest BCUT2D eigenvalue weighted by atomic mass is 9.86. The molecule has 0 aliphatic heterocycles. The van der Waals surface area contributed by atoms with E-state index in [9.17, 15) is 4.79 Å². The minimum absolute atomic E-state index is 0.173. The standard InChI is InChI=1S/C11H14ClN3OS/c1-3-11(2,9(13)17)10(16)15-8-5-4-7(12)6-14-8/h4-6H,3H2,1-2H3,(H2,13,17)(H,14,15,16). The molecule has 1 aromatic rings. The normalized spacial score (nSPS) is 13.8. The van der Waals surface area contributed by atoms with Crippen molar-refractivity contribution in [2.45, 2.75) is 20.3 Å². The summed E-state index contributed by atoms with van der Waals surface area (Å²) in [4.78, 5) is 16.2. The van der Waals surface area contributed by atoms with Gasteiger partial charge in [-0.25, -0.2) is 4.98 Å². The summed E-state index contributed by atoms with van der Waals surface area (Å²) in [6, 6.07) is 3.27. The Hall–Kier alpha value is -1.20. The van der Waals surface area contributed by atoms with Crippen molar-refractivity contribution >= 4 is 40.5 Å². The van der Waals surface area contributed by atoms with Gasteiger partial charge in [0.15, 0.2) is 0 Å². The quantitative estimate of drug-likeness (QED) is 0.825. The Kier molecular flexibility index (Phi) is 4.42. The third-order valence-corrected chi connectivity index (χ3v) is 3.40. The number of amides is 1. The lowest BCUT2D eigenvalue weighted by Crippen LogP contribution is -2.43. The Balaban J connectivity index is 2.85. The highest BCUT2D eigenvalue weighted by molar-refractivity contribution is 7.80. The molecule has 0 fully saturated rings. The summed E-state index contributed by atoms with van der Waals surface area (Å²) in [5, 5.41) is 3.18. The molecule has 1 unspecified atom stereocenters. The van der Waals surface area contributed by atoms with Crippen molar-refractivity contribution in [3.8, 4) is 0 Å². The second-order valence-corrected chi connectivity index (χ2v) is 4.74. The Morgan fingerprint density at radius 3 is 2.71 bits per heavy atom. The van der Waals surface area contributed by atoms with Crippen LogP contribution >= 0.6 is 23.8 Å². The van der Waals surface area contributed by atoms with Gasteiger partial charge in [-0.05, 0) is 25.5 Å². The molecule has 1 rings (SSSR count). The molecule has 0 spiro atoms. The predicted octanol–water partition coefficient (Wildman–Crippen LogP) is 2.38. The lowest BCUT2D eigenvalue weighted by Gasteiger charge is -2.25. The van der Waals surface area contributed by atoms with Gasteiger partial charge < -0.3 is 11.1 Å². The number of anilines is 1. The molecular formula is C11H14ClN3OS. The topological polar surface area (TPSA) is 68.0 Å². The number of hydrogen-bond acceptors (Lipinski definition) is 3.